The van der Waals surface area contributed by atoms with Crippen molar-refractivity contribution in [2.45, 2.75) is 39.3 Å². The van der Waals surface area contributed by atoms with E-state index in [2.05, 4.69) is 17.6 Å². The number of hydrogen-bond acceptors (Lipinski definition) is 1. The molecule has 1 heterocycles. The highest BCUT2D eigenvalue weighted by Gasteiger charge is 2.17. The Bertz CT molecular complexity index is 537. The molecular formula is C14H18ClNO. The first kappa shape index (κ1) is 12.5. The molecule has 92 valence electrons. The van der Waals surface area contributed by atoms with E-state index in [0.717, 1.165) is 22.6 Å². The van der Waals surface area contributed by atoms with Crippen molar-refractivity contribution >= 4 is 22.5 Å². The molecule has 0 saturated carbocycles. The number of nitrogens with zero attached hydrogens (tertiary/aromatic N) is 1. The molecule has 0 unspecified atom stereocenters. The lowest BCUT2D eigenvalue weighted by atomic mass is 10.0. The second kappa shape index (κ2) is 4.35. The summed E-state index contributed by atoms with van der Waals surface area (Å²) < 4.78 is 2.23. The van der Waals surface area contributed by atoms with Gasteiger partial charge in [-0.25, -0.2) is 0 Å². The van der Waals surface area contributed by atoms with E-state index in [-0.39, 0.29) is 0 Å². The van der Waals surface area contributed by atoms with Gasteiger partial charge in [0.05, 0.1) is 5.60 Å². The summed E-state index contributed by atoms with van der Waals surface area (Å²) in [5, 5.41) is 11.8. The summed E-state index contributed by atoms with van der Waals surface area (Å²) in [5.74, 6) is 0. The van der Waals surface area contributed by atoms with Crippen LogP contribution in [0.4, 0.5) is 0 Å². The third-order valence-electron chi connectivity index (χ3n) is 2.88. The fraction of sp³-hybridized carbons (Fsp3) is 0.429. The lowest BCUT2D eigenvalue weighted by Gasteiger charge is -2.18. The van der Waals surface area contributed by atoms with Crippen molar-refractivity contribution in [2.75, 3.05) is 0 Å². The SMILES string of the molecule is CCn1c(CC(C)(C)O)cc2cc(Cl)ccc21. The molecular weight excluding hydrogens is 234 g/mol. The van der Waals surface area contributed by atoms with Gasteiger partial charge in [0.2, 0.25) is 0 Å². The average Bonchev–Trinajstić information content (AvgIpc) is 2.51. The molecule has 0 spiro atoms. The molecule has 0 radical (unpaired) electrons. The highest BCUT2D eigenvalue weighted by molar-refractivity contribution is 6.31. The van der Waals surface area contributed by atoms with E-state index in [4.69, 9.17) is 11.6 Å². The summed E-state index contributed by atoms with van der Waals surface area (Å²) in [6.07, 6.45) is 0.646. The molecule has 17 heavy (non-hydrogen) atoms. The highest BCUT2D eigenvalue weighted by atomic mass is 35.5. The summed E-state index contributed by atoms with van der Waals surface area (Å²) >= 11 is 6.00. The van der Waals surface area contributed by atoms with E-state index in [1.807, 2.05) is 32.0 Å². The van der Waals surface area contributed by atoms with Gasteiger partial charge in [-0.05, 0) is 45.0 Å². The smallest absolute Gasteiger partial charge is 0.0646 e. The number of hydrogen-bond donors (Lipinski definition) is 1. The Morgan fingerprint density at radius 1 is 1.29 bits per heavy atom. The van der Waals surface area contributed by atoms with Crippen molar-refractivity contribution < 1.29 is 5.11 Å². The zero-order valence-electron chi connectivity index (χ0n) is 10.5. The molecule has 3 heteroatoms. The van der Waals surface area contributed by atoms with Crippen LogP contribution in [-0.2, 0) is 13.0 Å². The zero-order valence-corrected chi connectivity index (χ0v) is 11.3. The Morgan fingerprint density at radius 2 is 2.00 bits per heavy atom. The van der Waals surface area contributed by atoms with Gasteiger partial charge >= 0.3 is 0 Å². The number of aryl methyl sites for hydroxylation is 1. The van der Waals surface area contributed by atoms with Crippen LogP contribution >= 0.6 is 11.6 Å². The molecule has 0 amide bonds. The van der Waals surface area contributed by atoms with Crippen LogP contribution in [0.5, 0.6) is 0 Å². The van der Waals surface area contributed by atoms with Crippen LogP contribution in [-0.4, -0.2) is 15.3 Å². The van der Waals surface area contributed by atoms with Crippen molar-refractivity contribution in [2.24, 2.45) is 0 Å². The second-order valence-corrected chi connectivity index (χ2v) is 5.51. The van der Waals surface area contributed by atoms with Gasteiger partial charge in [-0.1, -0.05) is 11.6 Å². The molecule has 0 saturated heterocycles. The molecule has 0 aliphatic carbocycles. The van der Waals surface area contributed by atoms with Crippen LogP contribution in [0.2, 0.25) is 5.02 Å². The number of halogens is 1. The van der Waals surface area contributed by atoms with Crippen LogP contribution in [0.25, 0.3) is 10.9 Å². The van der Waals surface area contributed by atoms with E-state index < -0.39 is 5.60 Å². The first-order valence-electron chi connectivity index (χ1n) is 5.91. The molecule has 0 bridgehead atoms. The Hall–Kier alpha value is -0.990. The van der Waals surface area contributed by atoms with Crippen molar-refractivity contribution in [3.05, 3.63) is 35.0 Å². The lowest BCUT2D eigenvalue weighted by molar-refractivity contribution is 0.0791. The van der Waals surface area contributed by atoms with Gasteiger partial charge in [0.15, 0.2) is 0 Å². The molecule has 1 aromatic heterocycles. The van der Waals surface area contributed by atoms with Crippen molar-refractivity contribution in [1.29, 1.82) is 0 Å². The van der Waals surface area contributed by atoms with E-state index in [1.165, 1.54) is 5.52 Å². The number of aromatic nitrogens is 1. The molecule has 0 aliphatic rings. The van der Waals surface area contributed by atoms with Gasteiger partial charge in [0.1, 0.15) is 0 Å². The third kappa shape index (κ3) is 2.64. The average molecular weight is 252 g/mol. The quantitative estimate of drug-likeness (QED) is 0.886. The largest absolute Gasteiger partial charge is 0.390 e. The summed E-state index contributed by atoms with van der Waals surface area (Å²) in [4.78, 5) is 0. The van der Waals surface area contributed by atoms with Crippen LogP contribution in [0, 0.1) is 0 Å². The van der Waals surface area contributed by atoms with Crippen LogP contribution < -0.4 is 0 Å². The normalized spacial score (nSPS) is 12.3. The van der Waals surface area contributed by atoms with E-state index in [0.29, 0.717) is 6.42 Å². The monoisotopic (exact) mass is 251 g/mol. The summed E-state index contributed by atoms with van der Waals surface area (Å²) in [6.45, 7) is 6.67. The molecule has 2 nitrogen and oxygen atoms in total. The Balaban J connectivity index is 2.55. The molecule has 1 N–H and O–H groups in total. The highest BCUT2D eigenvalue weighted by Crippen LogP contribution is 2.25. The number of rotatable bonds is 3. The Kier molecular flexibility index (Phi) is 3.19. The summed E-state index contributed by atoms with van der Waals surface area (Å²) in [7, 11) is 0. The number of aliphatic hydroxyl groups is 1. The van der Waals surface area contributed by atoms with E-state index in [9.17, 15) is 5.11 Å². The minimum absolute atomic E-state index is 0.646. The molecule has 0 aliphatic heterocycles. The molecule has 1 aromatic carbocycles. The number of benzene rings is 1. The minimum atomic E-state index is -0.689. The standard InChI is InChI=1S/C14H18ClNO/c1-4-16-12(9-14(2,3)17)8-10-7-11(15)5-6-13(10)16/h5-8,17H,4,9H2,1-3H3. The Labute approximate surface area is 107 Å². The minimum Gasteiger partial charge on any atom is -0.390 e. The number of fused-ring (bicyclic) bond motifs is 1. The molecule has 0 fully saturated rings. The Morgan fingerprint density at radius 3 is 2.59 bits per heavy atom. The second-order valence-electron chi connectivity index (χ2n) is 5.07. The lowest BCUT2D eigenvalue weighted by Crippen LogP contribution is -2.23. The van der Waals surface area contributed by atoms with Gasteiger partial charge in [0.25, 0.3) is 0 Å². The van der Waals surface area contributed by atoms with E-state index >= 15 is 0 Å². The predicted octanol–water partition coefficient (Wildman–Crippen LogP) is 3.63. The van der Waals surface area contributed by atoms with Gasteiger partial charge in [-0.15, -0.1) is 0 Å². The fourth-order valence-electron chi connectivity index (χ4n) is 2.26. The maximum absolute atomic E-state index is 9.93. The van der Waals surface area contributed by atoms with Gasteiger partial charge < -0.3 is 9.67 Å². The van der Waals surface area contributed by atoms with Crippen LogP contribution in [0.3, 0.4) is 0 Å². The molecule has 0 atom stereocenters. The summed E-state index contributed by atoms with van der Waals surface area (Å²) in [5.41, 5.74) is 1.64. The van der Waals surface area contributed by atoms with E-state index in [1.54, 1.807) is 0 Å². The van der Waals surface area contributed by atoms with Crippen LogP contribution in [0.1, 0.15) is 26.5 Å². The predicted molar refractivity (Wildman–Crippen MR) is 72.6 cm³/mol. The van der Waals surface area contributed by atoms with Crippen molar-refractivity contribution in [3.8, 4) is 0 Å². The van der Waals surface area contributed by atoms with Crippen molar-refractivity contribution in [1.82, 2.24) is 4.57 Å². The van der Waals surface area contributed by atoms with Gasteiger partial charge in [-0.2, -0.15) is 0 Å². The first-order chi connectivity index (χ1) is 7.90. The zero-order chi connectivity index (χ0) is 12.6. The molecule has 2 aromatic rings. The fourth-order valence-corrected chi connectivity index (χ4v) is 2.44. The molecule has 2 rings (SSSR count). The van der Waals surface area contributed by atoms with Crippen molar-refractivity contribution in [3.63, 3.8) is 0 Å². The topological polar surface area (TPSA) is 25.2 Å². The maximum atomic E-state index is 9.93. The van der Waals surface area contributed by atoms with Crippen LogP contribution in [0.15, 0.2) is 24.3 Å². The first-order valence-corrected chi connectivity index (χ1v) is 6.28. The summed E-state index contributed by atoms with van der Waals surface area (Å²) in [6, 6.07) is 8.03. The van der Waals surface area contributed by atoms with Gasteiger partial charge in [0, 0.05) is 34.6 Å². The van der Waals surface area contributed by atoms with Gasteiger partial charge in [-0.3, -0.25) is 0 Å². The maximum Gasteiger partial charge on any atom is 0.0646 e. The third-order valence-corrected chi connectivity index (χ3v) is 3.11.